The maximum Gasteiger partial charge on any atom is 0.573 e. The maximum absolute atomic E-state index is 15.3. The minimum absolute atomic E-state index is 0.0659. The van der Waals surface area contributed by atoms with E-state index in [-0.39, 0.29) is 21.9 Å². The Morgan fingerprint density at radius 1 is 1.03 bits per heavy atom. The minimum atomic E-state index is -5.07. The lowest BCUT2D eigenvalue weighted by molar-refractivity contribution is -0.275. The molecule has 30 heavy (non-hydrogen) atoms. The van der Waals surface area contributed by atoms with E-state index < -0.39 is 34.9 Å². The summed E-state index contributed by atoms with van der Waals surface area (Å²) in [6.45, 7) is 2.10. The summed E-state index contributed by atoms with van der Waals surface area (Å²) in [7, 11) is 0. The number of hydrogen-bond acceptors (Lipinski definition) is 3. The maximum atomic E-state index is 15.3. The van der Waals surface area contributed by atoms with E-state index in [1.807, 2.05) is 0 Å². The summed E-state index contributed by atoms with van der Waals surface area (Å²) < 4.78 is 76.2. The molecule has 0 radical (unpaired) electrons. The third-order valence-corrected chi connectivity index (χ3v) is 6.01. The number of alkyl halides is 3. The first-order chi connectivity index (χ1) is 14.1. The van der Waals surface area contributed by atoms with Crippen molar-refractivity contribution in [3.63, 3.8) is 0 Å². The van der Waals surface area contributed by atoms with Gasteiger partial charge in [-0.2, -0.15) is 4.39 Å². The van der Waals surface area contributed by atoms with E-state index in [1.54, 1.807) is 0 Å². The topological polar surface area (TPSA) is 42.6 Å². The summed E-state index contributed by atoms with van der Waals surface area (Å²) in [6.07, 6.45) is -0.616. The first kappa shape index (κ1) is 20.9. The van der Waals surface area contributed by atoms with Crippen molar-refractivity contribution in [2.24, 2.45) is 5.92 Å². The van der Waals surface area contributed by atoms with Crippen molar-refractivity contribution in [3.05, 3.63) is 41.5 Å². The van der Waals surface area contributed by atoms with Crippen molar-refractivity contribution in [3.8, 4) is 5.75 Å². The molecule has 162 valence electrons. The van der Waals surface area contributed by atoms with Crippen molar-refractivity contribution in [2.75, 3.05) is 0 Å². The average Bonchev–Trinajstić information content (AvgIpc) is 3.06. The van der Waals surface area contributed by atoms with Gasteiger partial charge in [-0.1, -0.05) is 25.8 Å². The Kier molecular flexibility index (Phi) is 5.16. The molecular weight excluding hydrogens is 407 g/mol. The first-order valence-corrected chi connectivity index (χ1v) is 9.95. The SMILES string of the molecule is CCCC1CCC(O)(c2ccc3c(oc4c(F)c(OC(F)(F)F)ccc43)c2F)CC1. The molecule has 0 spiro atoms. The summed E-state index contributed by atoms with van der Waals surface area (Å²) in [5.41, 5.74) is -2.11. The third-order valence-electron chi connectivity index (χ3n) is 6.01. The van der Waals surface area contributed by atoms with Crippen LogP contribution in [0.4, 0.5) is 22.0 Å². The van der Waals surface area contributed by atoms with Gasteiger partial charge in [0.25, 0.3) is 0 Å². The fourth-order valence-corrected chi connectivity index (χ4v) is 4.50. The van der Waals surface area contributed by atoms with Gasteiger partial charge in [-0.25, -0.2) is 4.39 Å². The van der Waals surface area contributed by atoms with Gasteiger partial charge in [0.15, 0.2) is 22.7 Å². The standard InChI is InChI=1S/C22H21F5O3/c1-2-3-12-8-10-21(28,11-9-12)15-6-4-13-14-5-7-16(30-22(25,26)27)18(24)20(14)29-19(13)17(15)23/h4-7,12,28H,2-3,8-11H2,1H3. The van der Waals surface area contributed by atoms with E-state index >= 15 is 4.39 Å². The van der Waals surface area contributed by atoms with Crippen LogP contribution in [0.25, 0.3) is 21.9 Å². The molecule has 1 fully saturated rings. The monoisotopic (exact) mass is 428 g/mol. The number of aliphatic hydroxyl groups is 1. The molecule has 1 saturated carbocycles. The lowest BCUT2D eigenvalue weighted by Gasteiger charge is -2.36. The van der Waals surface area contributed by atoms with Gasteiger partial charge in [-0.15, -0.1) is 13.2 Å². The molecule has 8 heteroatoms. The van der Waals surface area contributed by atoms with Gasteiger partial charge < -0.3 is 14.3 Å². The predicted octanol–water partition coefficient (Wildman–Crippen LogP) is 6.94. The molecule has 4 rings (SSSR count). The lowest BCUT2D eigenvalue weighted by Crippen LogP contribution is -2.32. The molecule has 1 aliphatic rings. The average molecular weight is 428 g/mol. The summed E-state index contributed by atoms with van der Waals surface area (Å²) in [6, 6.07) is 4.97. The summed E-state index contributed by atoms with van der Waals surface area (Å²) in [5, 5.41) is 11.4. The van der Waals surface area contributed by atoms with Crippen LogP contribution in [0, 0.1) is 17.6 Å². The highest BCUT2D eigenvalue weighted by Gasteiger charge is 2.38. The molecule has 0 bridgehead atoms. The van der Waals surface area contributed by atoms with Gasteiger partial charge in [0, 0.05) is 16.3 Å². The molecule has 1 heterocycles. The van der Waals surface area contributed by atoms with Gasteiger partial charge in [0.1, 0.15) is 0 Å². The Morgan fingerprint density at radius 2 is 1.63 bits per heavy atom. The van der Waals surface area contributed by atoms with Gasteiger partial charge in [0.05, 0.1) is 5.60 Å². The molecule has 0 saturated heterocycles. The van der Waals surface area contributed by atoms with Crippen LogP contribution in [0.2, 0.25) is 0 Å². The highest BCUT2D eigenvalue weighted by Crippen LogP contribution is 2.44. The first-order valence-electron chi connectivity index (χ1n) is 9.95. The molecule has 1 aromatic heterocycles. The second-order valence-electron chi connectivity index (χ2n) is 7.97. The molecule has 3 nitrogen and oxygen atoms in total. The number of rotatable bonds is 4. The Labute approximate surface area is 169 Å². The van der Waals surface area contributed by atoms with Crippen LogP contribution < -0.4 is 4.74 Å². The summed E-state index contributed by atoms with van der Waals surface area (Å²) in [5.74, 6) is -2.74. The van der Waals surface area contributed by atoms with E-state index in [2.05, 4.69) is 11.7 Å². The van der Waals surface area contributed by atoms with Crippen molar-refractivity contribution < 1.29 is 36.2 Å². The Hall–Kier alpha value is -2.35. The van der Waals surface area contributed by atoms with Crippen molar-refractivity contribution in [1.82, 2.24) is 0 Å². The van der Waals surface area contributed by atoms with Crippen LogP contribution in [0.5, 0.6) is 5.75 Å². The number of halogens is 5. The molecule has 0 unspecified atom stereocenters. The third kappa shape index (κ3) is 3.62. The minimum Gasteiger partial charge on any atom is -0.450 e. The normalized spacial score (nSPS) is 22.7. The molecule has 0 atom stereocenters. The number of ether oxygens (including phenoxy) is 1. The number of benzene rings is 2. The Morgan fingerprint density at radius 3 is 2.23 bits per heavy atom. The molecule has 3 aromatic rings. The van der Waals surface area contributed by atoms with Crippen LogP contribution in [-0.4, -0.2) is 11.5 Å². The van der Waals surface area contributed by atoms with Crippen LogP contribution >= 0.6 is 0 Å². The van der Waals surface area contributed by atoms with E-state index in [4.69, 9.17) is 4.42 Å². The lowest BCUT2D eigenvalue weighted by atomic mass is 9.74. The van der Waals surface area contributed by atoms with Crippen molar-refractivity contribution in [1.29, 1.82) is 0 Å². The largest absolute Gasteiger partial charge is 0.573 e. The van der Waals surface area contributed by atoms with Gasteiger partial charge in [-0.3, -0.25) is 0 Å². The van der Waals surface area contributed by atoms with Gasteiger partial charge >= 0.3 is 6.36 Å². The molecular formula is C22H21F5O3. The Bertz CT molecular complexity index is 1080. The highest BCUT2D eigenvalue weighted by atomic mass is 19.4. The summed E-state index contributed by atoms with van der Waals surface area (Å²) >= 11 is 0. The predicted molar refractivity (Wildman–Crippen MR) is 101 cm³/mol. The fraction of sp³-hybridized carbons (Fsp3) is 0.455. The number of hydrogen-bond donors (Lipinski definition) is 1. The number of furan rings is 1. The second kappa shape index (κ2) is 7.41. The van der Waals surface area contributed by atoms with Crippen LogP contribution in [-0.2, 0) is 5.60 Å². The van der Waals surface area contributed by atoms with Crippen molar-refractivity contribution >= 4 is 21.9 Å². The smallest absolute Gasteiger partial charge is 0.450 e. The molecule has 0 amide bonds. The fourth-order valence-electron chi connectivity index (χ4n) is 4.50. The van der Waals surface area contributed by atoms with Crippen LogP contribution in [0.1, 0.15) is 51.0 Å². The van der Waals surface area contributed by atoms with E-state index in [0.717, 1.165) is 31.7 Å². The highest BCUT2D eigenvalue weighted by molar-refractivity contribution is 6.05. The number of fused-ring (bicyclic) bond motifs is 3. The molecule has 0 aliphatic heterocycles. The van der Waals surface area contributed by atoms with E-state index in [9.17, 15) is 22.7 Å². The molecule has 1 aliphatic carbocycles. The van der Waals surface area contributed by atoms with Crippen molar-refractivity contribution in [2.45, 2.75) is 57.4 Å². The molecule has 1 N–H and O–H groups in total. The molecule has 2 aromatic carbocycles. The van der Waals surface area contributed by atoms with E-state index in [0.29, 0.717) is 18.8 Å². The zero-order valence-corrected chi connectivity index (χ0v) is 16.3. The summed E-state index contributed by atoms with van der Waals surface area (Å²) in [4.78, 5) is 0. The van der Waals surface area contributed by atoms with Gasteiger partial charge in [-0.05, 0) is 49.8 Å². The zero-order valence-electron chi connectivity index (χ0n) is 16.3. The Balaban J connectivity index is 1.76. The van der Waals surface area contributed by atoms with E-state index in [1.165, 1.54) is 18.2 Å². The van der Waals surface area contributed by atoms with Crippen LogP contribution in [0.15, 0.2) is 28.7 Å². The van der Waals surface area contributed by atoms with Crippen LogP contribution in [0.3, 0.4) is 0 Å². The zero-order chi connectivity index (χ0) is 21.7. The quantitative estimate of drug-likeness (QED) is 0.458. The van der Waals surface area contributed by atoms with Gasteiger partial charge in [0.2, 0.25) is 5.82 Å². The second-order valence-corrected chi connectivity index (χ2v) is 7.97.